The SMILES string of the molecule is Cc1cccc(N2CCCS/C2=N\C(=O)NC(C)C(F)c2ccc(-c3ncn(-c4ccc(OC(F)(F)F)cc4)n3)cc2)c1C(C)C. The van der Waals surface area contributed by atoms with E-state index in [-0.39, 0.29) is 5.75 Å². The van der Waals surface area contributed by atoms with Crippen molar-refractivity contribution in [2.75, 3.05) is 17.2 Å². The van der Waals surface area contributed by atoms with Gasteiger partial charge in [-0.25, -0.2) is 18.9 Å². The van der Waals surface area contributed by atoms with Crippen molar-refractivity contribution in [3.8, 4) is 22.8 Å². The first-order chi connectivity index (χ1) is 21.9. The van der Waals surface area contributed by atoms with Crippen molar-refractivity contribution in [1.82, 2.24) is 20.1 Å². The Hall–Kier alpha value is -4.39. The number of aliphatic imine (C=N–C) groups is 1. The van der Waals surface area contributed by atoms with Crippen molar-refractivity contribution in [3.63, 3.8) is 0 Å². The summed E-state index contributed by atoms with van der Waals surface area (Å²) >= 11 is 1.52. The Balaban J connectivity index is 1.23. The minimum atomic E-state index is -4.78. The largest absolute Gasteiger partial charge is 0.573 e. The van der Waals surface area contributed by atoms with Crippen LogP contribution in [-0.2, 0) is 0 Å². The second-order valence-electron chi connectivity index (χ2n) is 11.2. The number of aromatic nitrogens is 3. The van der Waals surface area contributed by atoms with Crippen LogP contribution < -0.4 is 15.0 Å². The van der Waals surface area contributed by atoms with E-state index in [1.165, 1.54) is 58.2 Å². The molecule has 0 aliphatic carbocycles. The Morgan fingerprint density at radius 3 is 2.43 bits per heavy atom. The van der Waals surface area contributed by atoms with Crippen LogP contribution in [0.5, 0.6) is 5.75 Å². The van der Waals surface area contributed by atoms with Crippen molar-refractivity contribution < 1.29 is 27.1 Å². The number of nitrogens with zero attached hydrogens (tertiary/aromatic N) is 5. The zero-order valence-electron chi connectivity index (χ0n) is 25.8. The van der Waals surface area contributed by atoms with Crippen LogP contribution in [0, 0.1) is 6.92 Å². The molecule has 2 unspecified atom stereocenters. The van der Waals surface area contributed by atoms with Gasteiger partial charge in [0.25, 0.3) is 0 Å². The number of nitrogens with one attached hydrogen (secondary N) is 1. The standard InChI is InChI=1S/C33H34F4N6O2S/c1-20(2)28-21(3)7-5-8-27(28)42-17-6-18-46-32(42)40-31(44)39-22(4)29(34)23-9-11-24(12-10-23)30-38-19-43(41-30)25-13-15-26(16-14-25)45-33(35,36)37/h5,7-16,19-20,22,29H,6,17-18H2,1-4H3,(H,39,44)/b40-32-. The molecule has 1 N–H and O–H groups in total. The number of benzene rings is 3. The molecule has 1 fully saturated rings. The summed E-state index contributed by atoms with van der Waals surface area (Å²) in [7, 11) is 0. The molecule has 1 aliphatic rings. The Morgan fingerprint density at radius 1 is 1.04 bits per heavy atom. The van der Waals surface area contributed by atoms with E-state index in [1.807, 2.05) is 6.07 Å². The van der Waals surface area contributed by atoms with Crippen LogP contribution in [0.3, 0.4) is 0 Å². The number of carbonyl (C=O) groups excluding carboxylic acids is 1. The van der Waals surface area contributed by atoms with E-state index >= 15 is 4.39 Å². The summed E-state index contributed by atoms with van der Waals surface area (Å²) in [5.74, 6) is 1.14. The monoisotopic (exact) mass is 654 g/mol. The molecule has 1 aliphatic heterocycles. The highest BCUT2D eigenvalue weighted by Crippen LogP contribution is 2.34. The van der Waals surface area contributed by atoms with Gasteiger partial charge in [0.2, 0.25) is 0 Å². The number of rotatable bonds is 8. The van der Waals surface area contributed by atoms with Crippen LogP contribution in [0.4, 0.5) is 28.0 Å². The molecule has 5 rings (SSSR count). The van der Waals surface area contributed by atoms with E-state index in [9.17, 15) is 18.0 Å². The summed E-state index contributed by atoms with van der Waals surface area (Å²) in [5, 5.41) is 7.67. The molecule has 2 atom stereocenters. The van der Waals surface area contributed by atoms with Crippen molar-refractivity contribution in [1.29, 1.82) is 0 Å². The summed E-state index contributed by atoms with van der Waals surface area (Å²) in [6, 6.07) is 16.4. The normalized spacial score (nSPS) is 16.0. The van der Waals surface area contributed by atoms with Crippen molar-refractivity contribution >= 4 is 28.6 Å². The van der Waals surface area contributed by atoms with Crippen LogP contribution >= 0.6 is 11.8 Å². The van der Waals surface area contributed by atoms with E-state index in [0.717, 1.165) is 24.4 Å². The lowest BCUT2D eigenvalue weighted by Crippen LogP contribution is -2.38. The number of amides is 2. The molecule has 2 heterocycles. The molecule has 46 heavy (non-hydrogen) atoms. The van der Waals surface area contributed by atoms with E-state index < -0.39 is 24.6 Å². The Morgan fingerprint density at radius 2 is 1.76 bits per heavy atom. The highest BCUT2D eigenvalue weighted by molar-refractivity contribution is 8.14. The Bertz CT molecular complexity index is 1690. The first kappa shape index (κ1) is 33.0. The molecule has 1 aromatic heterocycles. The van der Waals surface area contributed by atoms with Crippen molar-refractivity contribution in [2.24, 2.45) is 4.99 Å². The van der Waals surface area contributed by atoms with Crippen LogP contribution in [-0.4, -0.2) is 50.7 Å². The molecule has 4 aromatic rings. The lowest BCUT2D eigenvalue weighted by atomic mass is 9.95. The van der Waals surface area contributed by atoms with E-state index in [4.69, 9.17) is 0 Å². The van der Waals surface area contributed by atoms with Gasteiger partial charge in [-0.1, -0.05) is 62.0 Å². The van der Waals surface area contributed by atoms with Gasteiger partial charge in [-0.3, -0.25) is 0 Å². The molecule has 0 spiro atoms. The third-order valence-corrected chi connectivity index (χ3v) is 8.52. The van der Waals surface area contributed by atoms with Crippen LogP contribution in [0.15, 0.2) is 78.0 Å². The number of aryl methyl sites for hydroxylation is 1. The Kier molecular flexibility index (Phi) is 10.00. The molecule has 8 nitrogen and oxygen atoms in total. The number of carbonyl (C=O) groups is 1. The smallest absolute Gasteiger partial charge is 0.406 e. The minimum absolute atomic E-state index is 0.297. The molecule has 3 aromatic carbocycles. The molecule has 0 bridgehead atoms. The fourth-order valence-electron chi connectivity index (χ4n) is 5.34. The number of thioether (sulfide) groups is 1. The topological polar surface area (TPSA) is 84.6 Å². The molecule has 2 amide bonds. The number of ether oxygens (including phenoxy) is 1. The third kappa shape index (κ3) is 7.87. The van der Waals surface area contributed by atoms with Gasteiger partial charge in [0.15, 0.2) is 11.0 Å². The minimum Gasteiger partial charge on any atom is -0.406 e. The predicted octanol–water partition coefficient (Wildman–Crippen LogP) is 8.37. The summed E-state index contributed by atoms with van der Waals surface area (Å²) < 4.78 is 58.1. The van der Waals surface area contributed by atoms with Crippen LogP contribution in [0.2, 0.25) is 0 Å². The predicted molar refractivity (Wildman–Crippen MR) is 172 cm³/mol. The maximum atomic E-state index is 15.5. The number of urea groups is 1. The second kappa shape index (κ2) is 13.9. The number of hydrogen-bond donors (Lipinski definition) is 1. The lowest BCUT2D eigenvalue weighted by molar-refractivity contribution is -0.274. The van der Waals surface area contributed by atoms with Crippen molar-refractivity contribution in [2.45, 2.75) is 58.6 Å². The summed E-state index contributed by atoms with van der Waals surface area (Å²) in [6.45, 7) is 8.71. The average molecular weight is 655 g/mol. The number of halogens is 4. The zero-order valence-corrected chi connectivity index (χ0v) is 26.6. The molecular formula is C33H34F4N6O2S. The fourth-order valence-corrected chi connectivity index (χ4v) is 6.29. The highest BCUT2D eigenvalue weighted by atomic mass is 32.2. The quantitative estimate of drug-likeness (QED) is 0.192. The van der Waals surface area contributed by atoms with E-state index in [1.54, 1.807) is 31.2 Å². The van der Waals surface area contributed by atoms with Gasteiger partial charge in [0.1, 0.15) is 18.2 Å². The summed E-state index contributed by atoms with van der Waals surface area (Å²) in [4.78, 5) is 23.7. The van der Waals surface area contributed by atoms with Gasteiger partial charge in [-0.05, 0) is 73.2 Å². The molecule has 13 heteroatoms. The zero-order chi connectivity index (χ0) is 33.0. The summed E-state index contributed by atoms with van der Waals surface area (Å²) in [6.07, 6.45) is -3.89. The molecule has 0 radical (unpaired) electrons. The number of amidine groups is 1. The van der Waals surface area contributed by atoms with Crippen LogP contribution in [0.25, 0.3) is 17.1 Å². The molecule has 242 valence electrons. The second-order valence-corrected chi connectivity index (χ2v) is 12.3. The first-order valence-corrected chi connectivity index (χ1v) is 15.8. The van der Waals surface area contributed by atoms with Gasteiger partial charge in [0.05, 0.1) is 11.7 Å². The van der Waals surface area contributed by atoms with Crippen LogP contribution in [0.1, 0.15) is 56.0 Å². The van der Waals surface area contributed by atoms with Gasteiger partial charge >= 0.3 is 12.4 Å². The van der Waals surface area contributed by atoms with Gasteiger partial charge < -0.3 is 15.0 Å². The van der Waals surface area contributed by atoms with Gasteiger partial charge in [-0.2, -0.15) is 4.99 Å². The fraction of sp³-hybridized carbons (Fsp3) is 0.333. The maximum Gasteiger partial charge on any atom is 0.573 e. The van der Waals surface area contributed by atoms with E-state index in [0.29, 0.717) is 33.7 Å². The molecule has 1 saturated heterocycles. The van der Waals surface area contributed by atoms with Gasteiger partial charge in [0, 0.05) is 23.5 Å². The molecule has 0 saturated carbocycles. The summed E-state index contributed by atoms with van der Waals surface area (Å²) in [5.41, 5.74) is 4.90. The third-order valence-electron chi connectivity index (χ3n) is 7.46. The number of alkyl halides is 4. The first-order valence-electron chi connectivity index (χ1n) is 14.8. The number of anilines is 1. The number of hydrogen-bond acceptors (Lipinski definition) is 5. The van der Waals surface area contributed by atoms with Crippen molar-refractivity contribution in [3.05, 3.63) is 89.7 Å². The Labute approximate surface area is 268 Å². The lowest BCUT2D eigenvalue weighted by Gasteiger charge is -2.32. The maximum absolute atomic E-state index is 15.5. The average Bonchev–Trinajstić information content (AvgIpc) is 3.51. The molecular weight excluding hydrogens is 620 g/mol. The van der Waals surface area contributed by atoms with E-state index in [2.05, 4.69) is 62.9 Å². The highest BCUT2D eigenvalue weighted by Gasteiger charge is 2.31. The van der Waals surface area contributed by atoms with Gasteiger partial charge in [-0.15, -0.1) is 18.3 Å².